The van der Waals surface area contributed by atoms with Crippen LogP contribution >= 0.6 is 0 Å². The Hall–Kier alpha value is -2.31. The largest absolute Gasteiger partial charge is 0.393 e. The number of halogens is 3. The van der Waals surface area contributed by atoms with Crippen LogP contribution in [0, 0.1) is 5.92 Å². The number of aromatic nitrogens is 2. The number of piperidine rings is 1. The fraction of sp³-hybridized carbons (Fsp3) is 0.412. The quantitative estimate of drug-likeness (QED) is 0.862. The molecule has 3 rings (SSSR count). The average Bonchev–Trinajstić information content (AvgIpc) is 3.09. The molecule has 0 bridgehead atoms. The number of alkyl halides is 3. The molecule has 1 fully saturated rings. The summed E-state index contributed by atoms with van der Waals surface area (Å²) in [6.45, 7) is 0.0585. The number of benzene rings is 1. The normalized spacial score (nSPS) is 20.0. The van der Waals surface area contributed by atoms with E-state index in [-0.39, 0.29) is 18.9 Å². The van der Waals surface area contributed by atoms with Crippen molar-refractivity contribution in [1.82, 2.24) is 14.7 Å². The van der Waals surface area contributed by atoms with E-state index in [1.165, 1.54) is 9.58 Å². The van der Waals surface area contributed by atoms with Crippen LogP contribution in [0.15, 0.2) is 48.8 Å². The molecule has 1 saturated heterocycles. The molecule has 0 saturated carbocycles. The first kappa shape index (κ1) is 16.5. The lowest BCUT2D eigenvalue weighted by molar-refractivity contribution is -0.188. The summed E-state index contributed by atoms with van der Waals surface area (Å²) >= 11 is 0. The molecule has 1 aliphatic rings. The molecule has 7 heteroatoms. The highest BCUT2D eigenvalue weighted by molar-refractivity contribution is 5.83. The van der Waals surface area contributed by atoms with E-state index in [0.29, 0.717) is 18.5 Å². The molecule has 0 unspecified atom stereocenters. The van der Waals surface area contributed by atoms with Crippen molar-refractivity contribution in [2.45, 2.75) is 25.1 Å². The fourth-order valence-electron chi connectivity index (χ4n) is 3.09. The van der Waals surface area contributed by atoms with Gasteiger partial charge in [-0.3, -0.25) is 9.48 Å². The molecule has 2 heterocycles. The zero-order valence-corrected chi connectivity index (χ0v) is 13.0. The van der Waals surface area contributed by atoms with E-state index in [1.807, 2.05) is 6.07 Å². The summed E-state index contributed by atoms with van der Waals surface area (Å²) in [5, 5.41) is 4.12. The fourth-order valence-corrected chi connectivity index (χ4v) is 3.09. The van der Waals surface area contributed by atoms with Gasteiger partial charge in [0.1, 0.15) is 0 Å². The van der Waals surface area contributed by atoms with Crippen LogP contribution in [0.3, 0.4) is 0 Å². The maximum absolute atomic E-state index is 13.0. The van der Waals surface area contributed by atoms with Crippen LogP contribution < -0.4 is 0 Å². The molecule has 4 nitrogen and oxygen atoms in total. The van der Waals surface area contributed by atoms with Gasteiger partial charge in [0.05, 0.1) is 5.92 Å². The highest BCUT2D eigenvalue weighted by atomic mass is 19.4. The van der Waals surface area contributed by atoms with Crippen LogP contribution in [0.1, 0.15) is 24.4 Å². The van der Waals surface area contributed by atoms with Gasteiger partial charge >= 0.3 is 6.18 Å². The molecule has 2 aromatic rings. The second-order valence-corrected chi connectivity index (χ2v) is 5.96. The van der Waals surface area contributed by atoms with Crippen molar-refractivity contribution in [2.75, 3.05) is 13.1 Å². The molecular formula is C17H18F3N3O. The molecule has 0 N–H and O–H groups in total. The van der Waals surface area contributed by atoms with Gasteiger partial charge in [0.15, 0.2) is 6.04 Å². The Morgan fingerprint density at radius 1 is 1.21 bits per heavy atom. The number of carbonyl (C=O) groups excluding carboxylic acids is 1. The molecular weight excluding hydrogens is 319 g/mol. The van der Waals surface area contributed by atoms with E-state index < -0.39 is 18.1 Å². The Bertz CT molecular complexity index is 670. The topological polar surface area (TPSA) is 38.1 Å². The zero-order valence-electron chi connectivity index (χ0n) is 13.0. The number of likely N-dealkylation sites (tertiary alicyclic amines) is 1. The maximum atomic E-state index is 13.0. The van der Waals surface area contributed by atoms with E-state index in [4.69, 9.17) is 0 Å². The first-order valence-corrected chi connectivity index (χ1v) is 7.86. The Kier molecular flexibility index (Phi) is 4.59. The lowest BCUT2D eigenvalue weighted by Gasteiger charge is -2.35. The Morgan fingerprint density at radius 3 is 2.58 bits per heavy atom. The van der Waals surface area contributed by atoms with Crippen molar-refractivity contribution < 1.29 is 18.0 Å². The number of rotatable bonds is 3. The summed E-state index contributed by atoms with van der Waals surface area (Å²) in [7, 11) is 0. The summed E-state index contributed by atoms with van der Waals surface area (Å²) in [4.78, 5) is 14.3. The van der Waals surface area contributed by atoms with E-state index >= 15 is 0 Å². The first-order valence-electron chi connectivity index (χ1n) is 7.86. The molecule has 0 spiro atoms. The standard InChI is InChI=1S/C17H18F3N3O/c18-17(19,20)14-8-4-10-22(12-14)16(24)15(23-11-5-9-21-23)13-6-2-1-3-7-13/h1-3,5-7,9,11,14-15H,4,8,10,12H2/t14-,15-/m1/s1. The van der Waals surface area contributed by atoms with E-state index in [0.717, 1.165) is 0 Å². The highest BCUT2D eigenvalue weighted by Crippen LogP contribution is 2.34. The third kappa shape index (κ3) is 3.44. The van der Waals surface area contributed by atoms with Crippen molar-refractivity contribution in [3.05, 3.63) is 54.4 Å². The van der Waals surface area contributed by atoms with Crippen LogP contribution in [0.4, 0.5) is 13.2 Å². The molecule has 1 amide bonds. The summed E-state index contributed by atoms with van der Waals surface area (Å²) in [6.07, 6.45) is -0.632. The Balaban J connectivity index is 1.87. The summed E-state index contributed by atoms with van der Waals surface area (Å²) in [5.41, 5.74) is 0.709. The van der Waals surface area contributed by atoms with Gasteiger partial charge in [-0.2, -0.15) is 18.3 Å². The minimum absolute atomic E-state index is 0.0745. The van der Waals surface area contributed by atoms with E-state index in [9.17, 15) is 18.0 Å². The summed E-state index contributed by atoms with van der Waals surface area (Å²) in [5.74, 6) is -1.80. The molecule has 0 aliphatic carbocycles. The Labute approximate surface area is 137 Å². The number of nitrogens with zero attached hydrogens (tertiary/aromatic N) is 3. The number of hydrogen-bond donors (Lipinski definition) is 0. The number of hydrogen-bond acceptors (Lipinski definition) is 2. The highest BCUT2D eigenvalue weighted by Gasteiger charge is 2.43. The molecule has 0 radical (unpaired) electrons. The van der Waals surface area contributed by atoms with Crippen LogP contribution in [-0.2, 0) is 4.79 Å². The molecule has 128 valence electrons. The van der Waals surface area contributed by atoms with Crippen molar-refractivity contribution >= 4 is 5.91 Å². The smallest absolute Gasteiger partial charge is 0.340 e. The third-order valence-electron chi connectivity index (χ3n) is 4.33. The minimum Gasteiger partial charge on any atom is -0.340 e. The number of amides is 1. The lowest BCUT2D eigenvalue weighted by atomic mass is 9.96. The number of carbonyl (C=O) groups is 1. The van der Waals surface area contributed by atoms with Gasteiger partial charge in [-0.05, 0) is 24.5 Å². The minimum atomic E-state index is -4.27. The van der Waals surface area contributed by atoms with Crippen molar-refractivity contribution in [1.29, 1.82) is 0 Å². The molecule has 1 aromatic heterocycles. The third-order valence-corrected chi connectivity index (χ3v) is 4.33. The van der Waals surface area contributed by atoms with Gasteiger partial charge < -0.3 is 4.90 Å². The Morgan fingerprint density at radius 2 is 1.96 bits per heavy atom. The SMILES string of the molecule is O=C([C@@H](c1ccccc1)n1cccn1)N1CCC[C@@H](C(F)(F)F)C1. The monoisotopic (exact) mass is 337 g/mol. The van der Waals surface area contributed by atoms with Crippen molar-refractivity contribution in [3.8, 4) is 0 Å². The first-order chi connectivity index (χ1) is 11.5. The lowest BCUT2D eigenvalue weighted by Crippen LogP contribution is -2.47. The van der Waals surface area contributed by atoms with Crippen LogP contribution in [0.2, 0.25) is 0 Å². The van der Waals surface area contributed by atoms with Crippen molar-refractivity contribution in [2.24, 2.45) is 5.92 Å². The molecule has 24 heavy (non-hydrogen) atoms. The molecule has 2 atom stereocenters. The van der Waals surface area contributed by atoms with Gasteiger partial charge in [0, 0.05) is 25.5 Å². The van der Waals surface area contributed by atoms with Crippen LogP contribution in [0.5, 0.6) is 0 Å². The molecule has 1 aromatic carbocycles. The second kappa shape index (κ2) is 6.67. The maximum Gasteiger partial charge on any atom is 0.393 e. The van der Waals surface area contributed by atoms with Gasteiger partial charge in [0.25, 0.3) is 5.91 Å². The average molecular weight is 337 g/mol. The van der Waals surface area contributed by atoms with E-state index in [2.05, 4.69) is 5.10 Å². The van der Waals surface area contributed by atoms with E-state index in [1.54, 1.807) is 42.7 Å². The predicted molar refractivity (Wildman–Crippen MR) is 82.2 cm³/mol. The van der Waals surface area contributed by atoms with Gasteiger partial charge in [0.2, 0.25) is 0 Å². The zero-order chi connectivity index (χ0) is 17.2. The summed E-state index contributed by atoms with van der Waals surface area (Å²) < 4.78 is 40.6. The molecule has 1 aliphatic heterocycles. The van der Waals surface area contributed by atoms with Crippen molar-refractivity contribution in [3.63, 3.8) is 0 Å². The van der Waals surface area contributed by atoms with Crippen LogP contribution in [0.25, 0.3) is 0 Å². The van der Waals surface area contributed by atoms with Gasteiger partial charge in [-0.25, -0.2) is 0 Å². The van der Waals surface area contributed by atoms with Crippen LogP contribution in [-0.4, -0.2) is 39.9 Å². The van der Waals surface area contributed by atoms with Gasteiger partial charge in [-0.1, -0.05) is 30.3 Å². The summed E-state index contributed by atoms with van der Waals surface area (Å²) in [6, 6.07) is 9.95. The predicted octanol–water partition coefficient (Wildman–Crippen LogP) is 3.27. The van der Waals surface area contributed by atoms with Gasteiger partial charge in [-0.15, -0.1) is 0 Å². The second-order valence-electron chi connectivity index (χ2n) is 5.96.